The normalized spacial score (nSPS) is 8.76. The third-order valence-corrected chi connectivity index (χ3v) is 1.52. The van der Waals surface area contributed by atoms with Crippen molar-refractivity contribution in [2.45, 2.75) is 6.92 Å². The number of hydrogen-bond donors (Lipinski definition) is 2. The van der Waals surface area contributed by atoms with Gasteiger partial charge in [0.1, 0.15) is 5.97 Å². The third-order valence-electron chi connectivity index (χ3n) is 1.52. The van der Waals surface area contributed by atoms with Crippen molar-refractivity contribution in [3.63, 3.8) is 0 Å². The molecule has 9 heteroatoms. The van der Waals surface area contributed by atoms with Crippen LogP contribution >= 0.6 is 0 Å². The summed E-state index contributed by atoms with van der Waals surface area (Å²) in [6, 6.07) is 0. The Morgan fingerprint density at radius 2 is 1.71 bits per heavy atom. The Morgan fingerprint density at radius 1 is 1.24 bits per heavy atom. The van der Waals surface area contributed by atoms with Crippen molar-refractivity contribution in [3.05, 3.63) is 23.0 Å². The van der Waals surface area contributed by atoms with E-state index in [4.69, 9.17) is 0 Å². The molecule has 0 saturated carbocycles. The van der Waals surface area contributed by atoms with Gasteiger partial charge in [-0.2, -0.15) is 0 Å². The second kappa shape index (κ2) is 6.94. The number of nitrogens with zero attached hydrogens (tertiary/aromatic N) is 2. The molecule has 0 aliphatic heterocycles. The minimum atomic E-state index is -1.63. The largest absolute Gasteiger partial charge is 1.00 e. The van der Waals surface area contributed by atoms with Crippen LogP contribution in [-0.2, 0) is 9.59 Å². The van der Waals surface area contributed by atoms with Crippen molar-refractivity contribution in [1.29, 1.82) is 0 Å². The van der Waals surface area contributed by atoms with Gasteiger partial charge in [0, 0.05) is 6.92 Å². The van der Waals surface area contributed by atoms with Gasteiger partial charge in [0.25, 0.3) is 5.56 Å². The number of imidazole rings is 1. The second-order valence-electron chi connectivity index (χ2n) is 2.68. The summed E-state index contributed by atoms with van der Waals surface area (Å²) < 4.78 is 0. The number of Topliss-reactive ketones (excluding diaryl/α,β-unsaturated/α-hetero) is 1. The summed E-state index contributed by atoms with van der Waals surface area (Å²) in [6.45, 7) is 0.940. The first-order valence-corrected chi connectivity index (χ1v) is 4.11. The molecule has 0 fully saturated rings. The van der Waals surface area contributed by atoms with Crippen LogP contribution in [0.3, 0.4) is 0 Å². The smallest absolute Gasteiger partial charge is 0.542 e. The van der Waals surface area contributed by atoms with E-state index in [0.29, 0.717) is 11.2 Å². The number of nitrogens with one attached hydrogen (secondary N) is 2. The molecule has 2 N–H and O–H groups in total. The van der Waals surface area contributed by atoms with Gasteiger partial charge in [-0.05, 0) is 0 Å². The van der Waals surface area contributed by atoms with E-state index in [-0.39, 0.29) is 35.1 Å². The molecular weight excluding hydrogens is 239 g/mol. The quantitative estimate of drug-likeness (QED) is 0.382. The maximum absolute atomic E-state index is 10.9. The predicted octanol–water partition coefficient (Wildman–Crippen LogP) is -5.02. The number of aromatic amines is 2. The molecule has 0 radical (unpaired) electrons. The average Bonchev–Trinajstić information content (AvgIpc) is 2.68. The Morgan fingerprint density at radius 3 is 2.12 bits per heavy atom. The molecule has 2 aromatic rings. The summed E-state index contributed by atoms with van der Waals surface area (Å²) in [7, 11) is 0. The zero-order valence-electron chi connectivity index (χ0n) is 9.18. The van der Waals surface area contributed by atoms with Crippen molar-refractivity contribution < 1.29 is 44.3 Å². The summed E-state index contributed by atoms with van der Waals surface area (Å²) in [4.78, 5) is 42.3. The topological polar surface area (TPSA) is 132 Å². The van der Waals surface area contributed by atoms with Gasteiger partial charge in [0.2, 0.25) is 0 Å². The van der Waals surface area contributed by atoms with Gasteiger partial charge < -0.3 is 19.9 Å². The van der Waals surface area contributed by atoms with Crippen LogP contribution in [0.5, 0.6) is 0 Å². The fourth-order valence-corrected chi connectivity index (χ4v) is 0.776. The number of aromatic nitrogens is 4. The molecular formula is C8H7N4NaO4. The number of carboxylic acids is 1. The van der Waals surface area contributed by atoms with Gasteiger partial charge in [-0.3, -0.25) is 9.59 Å². The minimum Gasteiger partial charge on any atom is -0.542 e. The monoisotopic (exact) mass is 246 g/mol. The summed E-state index contributed by atoms with van der Waals surface area (Å²) in [5.41, 5.74) is 0.675. The van der Waals surface area contributed by atoms with Crippen LogP contribution in [0.4, 0.5) is 0 Å². The Hall–Kier alpha value is -1.51. The molecule has 2 aromatic heterocycles. The minimum absolute atomic E-state index is 0. The average molecular weight is 246 g/mol. The number of H-pyrrole nitrogens is 2. The van der Waals surface area contributed by atoms with E-state index in [2.05, 4.69) is 19.9 Å². The van der Waals surface area contributed by atoms with Crippen LogP contribution in [0.1, 0.15) is 6.92 Å². The van der Waals surface area contributed by atoms with Gasteiger partial charge in [-0.1, -0.05) is 0 Å². The van der Waals surface area contributed by atoms with Gasteiger partial charge in [0.05, 0.1) is 12.7 Å². The Balaban J connectivity index is 0.000000324. The summed E-state index contributed by atoms with van der Waals surface area (Å²) >= 11 is 0. The summed E-state index contributed by atoms with van der Waals surface area (Å²) in [6.07, 6.45) is 2.76. The number of carbonyl (C=O) groups excluding carboxylic acids is 2. The molecule has 0 aliphatic rings. The zero-order chi connectivity index (χ0) is 12.1. The van der Waals surface area contributed by atoms with Crippen LogP contribution in [0.25, 0.3) is 11.2 Å². The van der Waals surface area contributed by atoms with E-state index in [9.17, 15) is 19.5 Å². The molecule has 0 atom stereocenters. The molecule has 0 saturated heterocycles. The predicted molar refractivity (Wildman–Crippen MR) is 50.2 cm³/mol. The fraction of sp³-hybridized carbons (Fsp3) is 0.125. The van der Waals surface area contributed by atoms with Crippen molar-refractivity contribution in [1.82, 2.24) is 19.9 Å². The van der Waals surface area contributed by atoms with Gasteiger partial charge in [0.15, 0.2) is 16.9 Å². The Bertz CT molecular complexity index is 564. The zero-order valence-corrected chi connectivity index (χ0v) is 11.2. The molecule has 17 heavy (non-hydrogen) atoms. The van der Waals surface area contributed by atoms with Gasteiger partial charge >= 0.3 is 29.6 Å². The van der Waals surface area contributed by atoms with Gasteiger partial charge in [-0.25, -0.2) is 9.97 Å². The Kier molecular flexibility index (Phi) is 6.33. The second-order valence-corrected chi connectivity index (χ2v) is 2.68. The van der Waals surface area contributed by atoms with Crippen molar-refractivity contribution in [3.8, 4) is 0 Å². The van der Waals surface area contributed by atoms with Crippen molar-refractivity contribution in [2.24, 2.45) is 0 Å². The number of carbonyl (C=O) groups is 2. The van der Waals surface area contributed by atoms with E-state index in [1.165, 1.54) is 12.7 Å². The first kappa shape index (κ1) is 15.5. The molecule has 0 spiro atoms. The number of ketones is 1. The van der Waals surface area contributed by atoms with Crippen molar-refractivity contribution >= 4 is 22.9 Å². The number of hydrogen-bond acceptors (Lipinski definition) is 6. The standard InChI is InChI=1S/C5H4N4O.C3H4O3.Na/c10-5-3-4(7-1-6-3)8-2-9-5;1-2(4)3(5)6;/h1-2H,(H2,6,7,8,9,10);1H3,(H,5,6);/q;;+1/p-1. The molecule has 0 aromatic carbocycles. The van der Waals surface area contributed by atoms with Crippen LogP contribution in [0.2, 0.25) is 0 Å². The van der Waals surface area contributed by atoms with Gasteiger partial charge in [-0.15, -0.1) is 0 Å². The third kappa shape index (κ3) is 4.47. The van der Waals surface area contributed by atoms with Crippen LogP contribution < -0.4 is 40.2 Å². The summed E-state index contributed by atoms with van der Waals surface area (Å²) in [5, 5.41) is 9.24. The van der Waals surface area contributed by atoms with Crippen molar-refractivity contribution in [2.75, 3.05) is 0 Å². The molecule has 0 bridgehead atoms. The molecule has 8 nitrogen and oxygen atoms in total. The van der Waals surface area contributed by atoms with E-state index in [1.807, 2.05) is 0 Å². The Labute approximate surface area is 117 Å². The fourth-order valence-electron chi connectivity index (χ4n) is 0.776. The van der Waals surface area contributed by atoms with E-state index in [1.54, 1.807) is 0 Å². The molecule has 84 valence electrons. The summed E-state index contributed by atoms with van der Waals surface area (Å²) in [5.74, 6) is -2.56. The first-order valence-electron chi connectivity index (χ1n) is 4.11. The SMILES string of the molecule is CC(=O)C(=O)[O-].O=c1[nH]cnc2nc[nH]c12.[Na+]. The number of carboxylic acid groups (broad SMARTS) is 1. The first-order chi connectivity index (χ1) is 7.52. The van der Waals surface area contributed by atoms with E-state index >= 15 is 0 Å². The maximum atomic E-state index is 10.9. The number of rotatable bonds is 1. The number of fused-ring (bicyclic) bond motifs is 1. The van der Waals surface area contributed by atoms with Crippen LogP contribution in [0.15, 0.2) is 17.4 Å². The number of aliphatic carboxylic acids is 1. The molecule has 0 amide bonds. The van der Waals surface area contributed by atoms with Crippen LogP contribution in [0, 0.1) is 0 Å². The van der Waals surface area contributed by atoms with E-state index < -0.39 is 11.8 Å². The van der Waals surface area contributed by atoms with Crippen LogP contribution in [-0.4, -0.2) is 31.7 Å². The molecule has 0 aliphatic carbocycles. The maximum Gasteiger partial charge on any atom is 1.00 e. The molecule has 2 rings (SSSR count). The van der Waals surface area contributed by atoms with E-state index in [0.717, 1.165) is 6.92 Å². The molecule has 0 unspecified atom stereocenters. The molecule has 2 heterocycles.